The van der Waals surface area contributed by atoms with Gasteiger partial charge in [-0.1, -0.05) is 168 Å². The first-order valence-electron chi connectivity index (χ1n) is 13.4. The van der Waals surface area contributed by atoms with Crippen molar-refractivity contribution in [2.75, 3.05) is 0 Å². The summed E-state index contributed by atoms with van der Waals surface area (Å²) in [4.78, 5) is 0. The second-order valence-corrected chi connectivity index (χ2v) is 9.41. The van der Waals surface area contributed by atoms with Crippen LogP contribution < -0.4 is 11.3 Å². The molecule has 2 nitrogen and oxygen atoms in total. The van der Waals surface area contributed by atoms with Gasteiger partial charge in [0.25, 0.3) is 0 Å². The molecule has 4 N–H and O–H groups in total. The van der Waals surface area contributed by atoms with Crippen LogP contribution in [0.25, 0.3) is 0 Å². The Morgan fingerprint density at radius 1 is 0.448 bits per heavy atom. The lowest BCUT2D eigenvalue weighted by molar-refractivity contribution is -0.428. The molecule has 0 heterocycles. The zero-order chi connectivity index (χ0) is 20.7. The summed E-state index contributed by atoms with van der Waals surface area (Å²) in [6, 6.07) is 0. The molecule has 0 spiro atoms. The first-order chi connectivity index (χ1) is 13.7. The van der Waals surface area contributed by atoms with Gasteiger partial charge in [-0.2, -0.15) is 0 Å². The van der Waals surface area contributed by atoms with E-state index in [4.69, 9.17) is 0 Å². The molecule has 0 saturated heterocycles. The Bertz CT molecular complexity index is 256. The maximum atomic E-state index is 12.0. The van der Waals surface area contributed by atoms with Gasteiger partial charge in [-0.3, -0.25) is 0 Å². The quantitative estimate of drug-likeness (QED) is 0.167. The first kappa shape index (κ1) is 31.1. The Kier molecular flexibility index (Phi) is 27.8. The van der Waals surface area contributed by atoms with Crippen molar-refractivity contribution in [1.82, 2.24) is 6.15 Å². The van der Waals surface area contributed by atoms with Crippen molar-refractivity contribution in [2.24, 2.45) is 5.92 Å². The molecular weight excluding hydrogens is 354 g/mol. The molecule has 1 atom stereocenters. The van der Waals surface area contributed by atoms with Crippen LogP contribution in [0.15, 0.2) is 0 Å². The lowest BCUT2D eigenvalue weighted by Crippen LogP contribution is -2.30. The normalized spacial score (nSPS) is 12.3. The lowest BCUT2D eigenvalue weighted by atomic mass is 9.90. The summed E-state index contributed by atoms with van der Waals surface area (Å²) in [7, 11) is 0. The van der Waals surface area contributed by atoms with E-state index in [-0.39, 0.29) is 12.3 Å². The molecule has 29 heavy (non-hydrogen) atoms. The summed E-state index contributed by atoms with van der Waals surface area (Å²) in [6.45, 7) is 6.47. The molecule has 0 radical (unpaired) electrons. The van der Waals surface area contributed by atoms with E-state index in [1.165, 1.54) is 141 Å². The average molecular weight is 414 g/mol. The molecule has 0 fully saturated rings. The van der Waals surface area contributed by atoms with Crippen molar-refractivity contribution < 1.29 is 5.11 Å². The van der Waals surface area contributed by atoms with Gasteiger partial charge in [0, 0.05) is 0 Å². The molecule has 0 aromatic carbocycles. The zero-order valence-electron chi connectivity index (χ0n) is 21.1. The molecule has 0 aromatic heterocycles. The third kappa shape index (κ3) is 24.1. The van der Waals surface area contributed by atoms with Crippen molar-refractivity contribution in [3.05, 3.63) is 0 Å². The highest BCUT2D eigenvalue weighted by atomic mass is 16.3. The summed E-state index contributed by atoms with van der Waals surface area (Å²) >= 11 is 0. The van der Waals surface area contributed by atoms with Gasteiger partial charge in [0.2, 0.25) is 0 Å². The fourth-order valence-electron chi connectivity index (χ4n) is 4.40. The van der Waals surface area contributed by atoms with Crippen LogP contribution in [-0.4, -0.2) is 6.10 Å². The van der Waals surface area contributed by atoms with Gasteiger partial charge < -0.3 is 11.3 Å². The van der Waals surface area contributed by atoms with E-state index in [2.05, 4.69) is 13.8 Å². The Balaban J connectivity index is 0. The van der Waals surface area contributed by atoms with Gasteiger partial charge in [0.15, 0.2) is 0 Å². The predicted molar refractivity (Wildman–Crippen MR) is 132 cm³/mol. The highest BCUT2D eigenvalue weighted by Crippen LogP contribution is 2.21. The molecule has 2 heteroatoms. The van der Waals surface area contributed by atoms with E-state index in [0.717, 1.165) is 0 Å². The highest BCUT2D eigenvalue weighted by Gasteiger charge is 2.08. The first-order valence-corrected chi connectivity index (χ1v) is 13.4. The fourth-order valence-corrected chi connectivity index (χ4v) is 4.40. The Labute approximate surface area is 185 Å². The molecule has 178 valence electrons. The molecule has 0 saturated carbocycles. The van der Waals surface area contributed by atoms with Crippen LogP contribution in [0.2, 0.25) is 0 Å². The van der Waals surface area contributed by atoms with E-state index in [1.807, 2.05) is 6.92 Å². The molecule has 0 aromatic rings. The van der Waals surface area contributed by atoms with E-state index < -0.39 is 0 Å². The van der Waals surface area contributed by atoms with Crippen LogP contribution in [0, 0.1) is 5.92 Å². The average Bonchev–Trinajstić information content (AvgIpc) is 2.68. The Morgan fingerprint density at radius 3 is 0.931 bits per heavy atom. The molecule has 0 rings (SSSR count). The fraction of sp³-hybridized carbons (Fsp3) is 1.00. The zero-order valence-corrected chi connectivity index (χ0v) is 21.1. The second kappa shape index (κ2) is 26.0. The number of quaternary nitrogens is 1. The topological polar surface area (TPSA) is 59.6 Å². The molecule has 1 unspecified atom stereocenters. The van der Waals surface area contributed by atoms with E-state index in [0.29, 0.717) is 5.92 Å². The van der Waals surface area contributed by atoms with Crippen LogP contribution in [0.1, 0.15) is 162 Å². The van der Waals surface area contributed by atoms with E-state index in [9.17, 15) is 5.11 Å². The minimum Gasteiger partial charge on any atom is -0.852 e. The standard InChI is InChI=1S/C27H55O.H3N/c1-4-6-8-10-12-14-16-18-20-22-24-27(26(3)28)25-23-21-19-17-15-13-11-9-7-5-2;/h26-27H,4-25H2,1-3H3;1H3/q-1;/p+1. The van der Waals surface area contributed by atoms with Gasteiger partial charge in [0.05, 0.1) is 0 Å². The van der Waals surface area contributed by atoms with E-state index in [1.54, 1.807) is 0 Å². The van der Waals surface area contributed by atoms with Gasteiger partial charge in [-0.25, -0.2) is 0 Å². The third-order valence-corrected chi connectivity index (χ3v) is 6.52. The predicted octanol–water partition coefficient (Wildman–Crippen LogP) is 9.35. The maximum absolute atomic E-state index is 12.0. The summed E-state index contributed by atoms with van der Waals surface area (Å²) in [5.74, 6) is 0.433. The highest BCUT2D eigenvalue weighted by molar-refractivity contribution is 4.65. The third-order valence-electron chi connectivity index (χ3n) is 6.52. The van der Waals surface area contributed by atoms with Gasteiger partial charge >= 0.3 is 0 Å². The second-order valence-electron chi connectivity index (χ2n) is 9.41. The molecular formula is C27H59NO. The molecule has 0 amide bonds. The van der Waals surface area contributed by atoms with Crippen LogP contribution in [0.5, 0.6) is 0 Å². The maximum Gasteiger partial charge on any atom is -0.0515 e. The summed E-state index contributed by atoms with van der Waals surface area (Å²) in [6.07, 6.45) is 29.8. The van der Waals surface area contributed by atoms with Crippen molar-refractivity contribution in [1.29, 1.82) is 0 Å². The van der Waals surface area contributed by atoms with Crippen molar-refractivity contribution in [2.45, 2.75) is 168 Å². The minimum atomic E-state index is -0.364. The minimum absolute atomic E-state index is 0. The van der Waals surface area contributed by atoms with Crippen LogP contribution in [0.4, 0.5) is 0 Å². The summed E-state index contributed by atoms with van der Waals surface area (Å²) < 4.78 is 0. The monoisotopic (exact) mass is 413 g/mol. The van der Waals surface area contributed by atoms with Gasteiger partial charge in [-0.15, -0.1) is 6.10 Å². The Morgan fingerprint density at radius 2 is 0.690 bits per heavy atom. The van der Waals surface area contributed by atoms with Crippen molar-refractivity contribution in [3.8, 4) is 0 Å². The van der Waals surface area contributed by atoms with Gasteiger partial charge in [0.1, 0.15) is 0 Å². The number of rotatable bonds is 23. The van der Waals surface area contributed by atoms with E-state index >= 15 is 0 Å². The smallest absolute Gasteiger partial charge is 0.0515 e. The lowest BCUT2D eigenvalue weighted by Gasteiger charge is -2.28. The Hall–Kier alpha value is -0.0800. The summed E-state index contributed by atoms with van der Waals surface area (Å²) in [5, 5.41) is 12.0. The van der Waals surface area contributed by atoms with Crippen molar-refractivity contribution >= 4 is 0 Å². The SMILES string of the molecule is CCCCCCCCCCCCC(CCCCCCCCCCCC)C(C)[O-].[NH4+]. The molecule has 0 aliphatic carbocycles. The number of hydrogen-bond donors (Lipinski definition) is 1. The van der Waals surface area contributed by atoms with Crippen molar-refractivity contribution in [3.63, 3.8) is 0 Å². The van der Waals surface area contributed by atoms with Crippen LogP contribution >= 0.6 is 0 Å². The largest absolute Gasteiger partial charge is 0.852 e. The van der Waals surface area contributed by atoms with Crippen LogP contribution in [0.3, 0.4) is 0 Å². The molecule has 0 aliphatic heterocycles. The van der Waals surface area contributed by atoms with Crippen LogP contribution in [-0.2, 0) is 0 Å². The number of hydrogen-bond acceptors (Lipinski definition) is 1. The summed E-state index contributed by atoms with van der Waals surface area (Å²) in [5.41, 5.74) is 0. The molecule has 0 bridgehead atoms. The number of unbranched alkanes of at least 4 members (excludes halogenated alkanes) is 18. The van der Waals surface area contributed by atoms with Gasteiger partial charge in [-0.05, 0) is 0 Å². The molecule has 0 aliphatic rings.